The minimum Gasteiger partial charge on any atom is -0.466 e. The predicted octanol–water partition coefficient (Wildman–Crippen LogP) is 4.02. The van der Waals surface area contributed by atoms with E-state index in [9.17, 15) is 13.2 Å². The first-order chi connectivity index (χ1) is 14.5. The number of carbonyl (C=O) groups excluding carboxylic acids is 1. The number of carbonyl (C=O) groups is 1. The van der Waals surface area contributed by atoms with Crippen LogP contribution in [0.4, 0.5) is 0 Å². The Kier molecular flexibility index (Phi) is 5.59. The summed E-state index contributed by atoms with van der Waals surface area (Å²) in [6.45, 7) is 2.04. The topological polar surface area (TPSA) is 63.7 Å². The van der Waals surface area contributed by atoms with Gasteiger partial charge >= 0.3 is 5.97 Å². The van der Waals surface area contributed by atoms with Crippen molar-refractivity contribution in [3.05, 3.63) is 96.2 Å². The lowest BCUT2D eigenvalue weighted by Crippen LogP contribution is -2.45. The largest absolute Gasteiger partial charge is 0.466 e. The highest BCUT2D eigenvalue weighted by atomic mass is 32.2. The summed E-state index contributed by atoms with van der Waals surface area (Å²) >= 11 is 0. The number of rotatable bonds is 5. The van der Waals surface area contributed by atoms with E-state index in [1.807, 2.05) is 48.6 Å². The van der Waals surface area contributed by atoms with Crippen molar-refractivity contribution in [1.29, 1.82) is 0 Å². The molecule has 0 bridgehead atoms. The van der Waals surface area contributed by atoms with Crippen LogP contribution in [0.25, 0.3) is 6.08 Å². The zero-order valence-corrected chi connectivity index (χ0v) is 17.4. The van der Waals surface area contributed by atoms with E-state index in [-0.39, 0.29) is 23.4 Å². The van der Waals surface area contributed by atoms with Crippen molar-refractivity contribution in [3.8, 4) is 0 Å². The zero-order chi connectivity index (χ0) is 21.1. The van der Waals surface area contributed by atoms with Gasteiger partial charge in [-0.3, -0.25) is 9.10 Å². The Labute approximate surface area is 177 Å². The van der Waals surface area contributed by atoms with Crippen LogP contribution in [0.15, 0.2) is 95.6 Å². The molecule has 0 N–H and O–H groups in total. The first-order valence-electron chi connectivity index (χ1n) is 9.91. The number of hydrogen-bond acceptors (Lipinski definition) is 4. The van der Waals surface area contributed by atoms with Crippen LogP contribution in [0.3, 0.4) is 0 Å². The molecular formula is C24H23NO4S. The molecule has 2 aromatic rings. The summed E-state index contributed by atoms with van der Waals surface area (Å²) in [4.78, 5) is 12.9. The van der Waals surface area contributed by atoms with Gasteiger partial charge in [-0.25, -0.2) is 8.42 Å². The number of sulfonamides is 1. The molecule has 0 aromatic heterocycles. The lowest BCUT2D eigenvalue weighted by atomic mass is 9.81. The van der Waals surface area contributed by atoms with Gasteiger partial charge in [-0.1, -0.05) is 72.8 Å². The molecule has 0 spiro atoms. The van der Waals surface area contributed by atoms with Crippen molar-refractivity contribution in [3.63, 3.8) is 0 Å². The van der Waals surface area contributed by atoms with Gasteiger partial charge in [-0.2, -0.15) is 0 Å². The molecule has 3 atom stereocenters. The van der Waals surface area contributed by atoms with Crippen LogP contribution in [-0.2, 0) is 19.6 Å². The summed E-state index contributed by atoms with van der Waals surface area (Å²) in [5.74, 6) is -1.25. The molecule has 0 amide bonds. The maximum Gasteiger partial charge on any atom is 0.313 e. The standard InChI is InChI=1S/C24H23NO4S/c1-2-29-24(26)21-15-16-25(30(27,28)20-11-7-4-8-12-20)22-14-13-19(23(21)22)17-18-9-5-3-6-10-18/h3-17,21-23H,2H2,1H3/b19-17+/t21-,22-,23-/m1/s1. The van der Waals surface area contributed by atoms with Crippen LogP contribution >= 0.6 is 0 Å². The molecule has 0 saturated carbocycles. The second-order valence-corrected chi connectivity index (χ2v) is 9.04. The number of fused-ring (bicyclic) bond motifs is 1. The molecule has 2 aromatic carbocycles. The van der Waals surface area contributed by atoms with Crippen LogP contribution in [0, 0.1) is 11.8 Å². The highest BCUT2D eigenvalue weighted by molar-refractivity contribution is 7.89. The molecule has 30 heavy (non-hydrogen) atoms. The van der Waals surface area contributed by atoms with Crippen LogP contribution in [0.5, 0.6) is 0 Å². The fourth-order valence-corrected chi connectivity index (χ4v) is 5.50. The van der Waals surface area contributed by atoms with Gasteiger partial charge in [0.05, 0.1) is 23.5 Å². The van der Waals surface area contributed by atoms with Crippen LogP contribution < -0.4 is 0 Å². The fourth-order valence-electron chi connectivity index (χ4n) is 4.00. The van der Waals surface area contributed by atoms with Gasteiger partial charge in [0.1, 0.15) is 0 Å². The Morgan fingerprint density at radius 2 is 1.70 bits per heavy atom. The Bertz CT molecular complexity index is 1100. The number of nitrogens with zero attached hydrogens (tertiary/aromatic N) is 1. The minimum atomic E-state index is -3.76. The molecule has 1 heterocycles. The second-order valence-electron chi connectivity index (χ2n) is 7.20. The Balaban J connectivity index is 1.76. The number of allylic oxidation sites excluding steroid dienone is 1. The highest BCUT2D eigenvalue weighted by Gasteiger charge is 2.45. The van der Waals surface area contributed by atoms with E-state index in [1.165, 1.54) is 10.5 Å². The smallest absolute Gasteiger partial charge is 0.313 e. The van der Waals surface area contributed by atoms with E-state index in [1.54, 1.807) is 43.3 Å². The summed E-state index contributed by atoms with van der Waals surface area (Å²) in [6, 6.07) is 17.6. The maximum absolute atomic E-state index is 13.3. The number of esters is 1. The number of ether oxygens (including phenoxy) is 1. The molecule has 154 valence electrons. The molecule has 1 aliphatic heterocycles. The molecule has 1 aliphatic carbocycles. The summed E-state index contributed by atoms with van der Waals surface area (Å²) in [5.41, 5.74) is 1.90. The molecule has 0 radical (unpaired) electrons. The van der Waals surface area contributed by atoms with E-state index in [0.29, 0.717) is 0 Å². The van der Waals surface area contributed by atoms with Gasteiger partial charge < -0.3 is 4.74 Å². The molecule has 0 fully saturated rings. The van der Waals surface area contributed by atoms with Gasteiger partial charge in [0, 0.05) is 12.1 Å². The van der Waals surface area contributed by atoms with E-state index in [0.717, 1.165) is 11.1 Å². The Morgan fingerprint density at radius 1 is 1.03 bits per heavy atom. The number of benzene rings is 2. The van der Waals surface area contributed by atoms with Gasteiger partial charge in [0.25, 0.3) is 10.0 Å². The first kappa shape index (κ1) is 20.2. The fraction of sp³-hybridized carbons (Fsp3) is 0.208. The van der Waals surface area contributed by atoms with E-state index >= 15 is 0 Å². The van der Waals surface area contributed by atoms with Gasteiger partial charge in [-0.15, -0.1) is 0 Å². The third kappa shape index (κ3) is 3.71. The predicted molar refractivity (Wildman–Crippen MR) is 116 cm³/mol. The third-order valence-corrected chi connectivity index (χ3v) is 7.16. The molecule has 2 aliphatic rings. The van der Waals surface area contributed by atoms with Crippen molar-refractivity contribution < 1.29 is 17.9 Å². The molecular weight excluding hydrogens is 398 g/mol. The van der Waals surface area contributed by atoms with Crippen molar-refractivity contribution >= 4 is 22.1 Å². The summed E-state index contributed by atoms with van der Waals surface area (Å²) in [7, 11) is -3.76. The SMILES string of the molecule is CCOC(=O)[C@@H]1C=CN(S(=O)(=O)c2ccccc2)[C@@H]2C=C/C(=C\c3ccccc3)[C@@H]21. The minimum absolute atomic E-state index is 0.219. The Hall–Kier alpha value is -3.12. The third-order valence-electron chi connectivity index (χ3n) is 5.37. The maximum atomic E-state index is 13.3. The average molecular weight is 422 g/mol. The zero-order valence-electron chi connectivity index (χ0n) is 16.6. The first-order valence-corrected chi connectivity index (χ1v) is 11.3. The second kappa shape index (κ2) is 8.32. The average Bonchev–Trinajstić information content (AvgIpc) is 3.18. The van der Waals surface area contributed by atoms with E-state index < -0.39 is 22.0 Å². The molecule has 6 heteroatoms. The van der Waals surface area contributed by atoms with E-state index in [2.05, 4.69) is 0 Å². The van der Waals surface area contributed by atoms with Crippen molar-refractivity contribution in [1.82, 2.24) is 4.31 Å². The number of hydrogen-bond donors (Lipinski definition) is 0. The van der Waals surface area contributed by atoms with Crippen LogP contribution in [0.2, 0.25) is 0 Å². The summed E-state index contributed by atoms with van der Waals surface area (Å²) in [6.07, 6.45) is 8.91. The highest BCUT2D eigenvalue weighted by Crippen LogP contribution is 2.42. The lowest BCUT2D eigenvalue weighted by Gasteiger charge is -2.37. The van der Waals surface area contributed by atoms with Crippen molar-refractivity contribution in [2.75, 3.05) is 6.61 Å². The van der Waals surface area contributed by atoms with Gasteiger partial charge in [0.2, 0.25) is 0 Å². The van der Waals surface area contributed by atoms with Gasteiger partial charge in [-0.05, 0) is 30.2 Å². The normalized spacial score (nSPS) is 24.1. The van der Waals surface area contributed by atoms with Crippen LogP contribution in [0.1, 0.15) is 12.5 Å². The lowest BCUT2D eigenvalue weighted by molar-refractivity contribution is -0.148. The molecule has 0 saturated heterocycles. The van der Waals surface area contributed by atoms with Gasteiger partial charge in [0.15, 0.2) is 0 Å². The Morgan fingerprint density at radius 3 is 2.37 bits per heavy atom. The summed E-state index contributed by atoms with van der Waals surface area (Å²) < 4.78 is 33.2. The quantitative estimate of drug-likeness (QED) is 0.684. The summed E-state index contributed by atoms with van der Waals surface area (Å²) in [5, 5.41) is 0. The monoisotopic (exact) mass is 421 g/mol. The molecule has 0 unspecified atom stereocenters. The van der Waals surface area contributed by atoms with Crippen molar-refractivity contribution in [2.45, 2.75) is 17.9 Å². The van der Waals surface area contributed by atoms with Crippen molar-refractivity contribution in [2.24, 2.45) is 11.8 Å². The van der Waals surface area contributed by atoms with Crippen LogP contribution in [-0.4, -0.2) is 31.3 Å². The van der Waals surface area contributed by atoms with E-state index in [4.69, 9.17) is 4.74 Å². The molecule has 4 rings (SSSR count). The molecule has 5 nitrogen and oxygen atoms in total.